The van der Waals surface area contributed by atoms with Crippen molar-refractivity contribution in [3.63, 3.8) is 0 Å². The zero-order valence-corrected chi connectivity index (χ0v) is 11.9. The van der Waals surface area contributed by atoms with E-state index < -0.39 is 32.4 Å². The van der Waals surface area contributed by atoms with Gasteiger partial charge in [0.25, 0.3) is 0 Å². The summed E-state index contributed by atoms with van der Waals surface area (Å²) >= 11 is 0. The average molecular weight is 326 g/mol. The molecule has 9 heteroatoms. The third-order valence-corrected chi connectivity index (χ3v) is 5.93. The minimum absolute atomic E-state index is 0.310. The molecule has 4 aliphatic rings. The minimum Gasteiger partial charge on any atom is -0.460 e. The second kappa shape index (κ2) is 4.14. The summed E-state index contributed by atoms with van der Waals surface area (Å²) < 4.78 is 60.0. The van der Waals surface area contributed by atoms with Gasteiger partial charge in [-0.1, -0.05) is 0 Å². The molecular formula is C12H16F2O6S. The lowest BCUT2D eigenvalue weighted by Crippen LogP contribution is -2.45. The maximum atomic E-state index is 13.1. The molecule has 4 saturated carbocycles. The fraction of sp³-hybridized carbons (Fsp3) is 0.917. The number of esters is 1. The van der Waals surface area contributed by atoms with Gasteiger partial charge in [0.2, 0.25) is 0 Å². The summed E-state index contributed by atoms with van der Waals surface area (Å²) in [6, 6.07) is 0. The van der Waals surface area contributed by atoms with E-state index >= 15 is 0 Å². The highest BCUT2D eigenvalue weighted by molar-refractivity contribution is 7.87. The van der Waals surface area contributed by atoms with E-state index in [2.05, 4.69) is 4.74 Å². The Kier molecular flexibility index (Phi) is 2.98. The van der Waals surface area contributed by atoms with E-state index in [4.69, 9.17) is 4.55 Å². The predicted molar refractivity (Wildman–Crippen MR) is 64.9 cm³/mol. The molecule has 0 amide bonds. The maximum absolute atomic E-state index is 13.1. The van der Waals surface area contributed by atoms with Gasteiger partial charge in [-0.3, -0.25) is 4.55 Å². The minimum atomic E-state index is -5.84. The van der Waals surface area contributed by atoms with Gasteiger partial charge < -0.3 is 9.84 Å². The predicted octanol–water partition coefficient (Wildman–Crippen LogP) is 0.951. The number of hydrogen-bond donors (Lipinski definition) is 2. The number of ether oxygens (including phenoxy) is 1. The monoisotopic (exact) mass is 326 g/mol. The lowest BCUT2D eigenvalue weighted by molar-refractivity contribution is -0.168. The standard InChI is InChI=1S/C12H16F2O6S/c13-12(14,21(17,18)19)9(15)20-6-10-1-7-3-11(16,5-10)4-8(7)2-10/h7-8,16H,1-6H2,(H,17,18,19). The van der Waals surface area contributed by atoms with Crippen LogP contribution in [-0.4, -0.2) is 41.5 Å². The first-order chi connectivity index (χ1) is 9.47. The summed E-state index contributed by atoms with van der Waals surface area (Å²) in [5, 5.41) is 5.36. The second-order valence-corrected chi connectivity index (χ2v) is 8.27. The van der Waals surface area contributed by atoms with Gasteiger partial charge in [-0.15, -0.1) is 0 Å². The molecule has 0 aromatic heterocycles. The van der Waals surface area contributed by atoms with Crippen LogP contribution in [0, 0.1) is 17.3 Å². The van der Waals surface area contributed by atoms with E-state index in [-0.39, 0.29) is 6.61 Å². The van der Waals surface area contributed by atoms with Gasteiger partial charge in [0.15, 0.2) is 0 Å². The smallest absolute Gasteiger partial charge is 0.460 e. The quantitative estimate of drug-likeness (QED) is 0.589. The molecule has 21 heavy (non-hydrogen) atoms. The molecule has 0 aromatic carbocycles. The van der Waals surface area contributed by atoms with Crippen LogP contribution >= 0.6 is 0 Å². The molecule has 2 unspecified atom stereocenters. The number of hydrogen-bond acceptors (Lipinski definition) is 5. The Balaban J connectivity index is 1.68. The highest BCUT2D eigenvalue weighted by Crippen LogP contribution is 2.65. The van der Waals surface area contributed by atoms with E-state index in [0.29, 0.717) is 43.9 Å². The van der Waals surface area contributed by atoms with Crippen molar-refractivity contribution in [3.8, 4) is 0 Å². The molecule has 0 aliphatic heterocycles. The SMILES string of the molecule is O=C(OCC12CC3CC(O)(CC3C1)C2)C(F)(F)S(=O)(=O)O. The van der Waals surface area contributed by atoms with Crippen LogP contribution in [0.1, 0.15) is 32.1 Å². The summed E-state index contributed by atoms with van der Waals surface area (Å²) in [5.41, 5.74) is -1.37. The normalized spacial score (nSPS) is 41.5. The third kappa shape index (κ3) is 2.25. The molecule has 0 aromatic rings. The van der Waals surface area contributed by atoms with Gasteiger partial charge >= 0.3 is 21.3 Å². The van der Waals surface area contributed by atoms with Crippen LogP contribution in [0.25, 0.3) is 0 Å². The van der Waals surface area contributed by atoms with Gasteiger partial charge in [-0.2, -0.15) is 17.2 Å². The Hall–Kier alpha value is -0.800. The second-order valence-electron chi connectivity index (χ2n) is 6.81. The summed E-state index contributed by atoms with van der Waals surface area (Å²) in [6.45, 7) is -0.355. The summed E-state index contributed by atoms with van der Waals surface area (Å²) in [4.78, 5) is 11.2. The number of alkyl halides is 2. The van der Waals surface area contributed by atoms with Crippen LogP contribution in [0.15, 0.2) is 0 Å². The number of rotatable bonds is 4. The summed E-state index contributed by atoms with van der Waals surface area (Å²) in [5.74, 6) is -1.65. The Morgan fingerprint density at radius 2 is 1.76 bits per heavy atom. The molecule has 120 valence electrons. The van der Waals surface area contributed by atoms with E-state index in [1.807, 2.05) is 0 Å². The zero-order chi connectivity index (χ0) is 15.7. The molecule has 0 spiro atoms. The summed E-state index contributed by atoms with van der Waals surface area (Å²) in [6.07, 6.45) is 3.12. The molecule has 0 saturated heterocycles. The molecule has 2 N–H and O–H groups in total. The number of aliphatic hydroxyl groups is 1. The van der Waals surface area contributed by atoms with Crippen LogP contribution in [0.4, 0.5) is 8.78 Å². The van der Waals surface area contributed by atoms with Crippen LogP contribution in [0.5, 0.6) is 0 Å². The molecule has 0 heterocycles. The molecule has 0 radical (unpaired) electrons. The van der Waals surface area contributed by atoms with Gasteiger partial charge in [-0.25, -0.2) is 4.79 Å². The van der Waals surface area contributed by atoms with Gasteiger partial charge in [-0.05, 0) is 43.9 Å². The molecule has 4 fully saturated rings. The first-order valence-electron chi connectivity index (χ1n) is 6.71. The van der Waals surface area contributed by atoms with Crippen LogP contribution in [-0.2, 0) is 19.6 Å². The lowest BCUT2D eigenvalue weighted by Gasteiger charge is -2.42. The molecule has 4 bridgehead atoms. The van der Waals surface area contributed by atoms with Crippen molar-refractivity contribution in [2.24, 2.45) is 17.3 Å². The molecule has 2 atom stereocenters. The Labute approximate surface area is 120 Å². The van der Waals surface area contributed by atoms with Crippen LogP contribution in [0.2, 0.25) is 0 Å². The average Bonchev–Trinajstić information content (AvgIpc) is 2.69. The Bertz CT molecular complexity index is 573. The van der Waals surface area contributed by atoms with Crippen molar-refractivity contribution in [3.05, 3.63) is 0 Å². The van der Waals surface area contributed by atoms with Crippen molar-refractivity contribution in [1.82, 2.24) is 0 Å². The number of carbonyl (C=O) groups is 1. The van der Waals surface area contributed by atoms with E-state index in [0.717, 1.165) is 0 Å². The van der Waals surface area contributed by atoms with Crippen molar-refractivity contribution in [2.45, 2.75) is 43.0 Å². The number of halogens is 2. The third-order valence-electron chi connectivity index (χ3n) is 5.12. The number of carbonyl (C=O) groups excluding carboxylic acids is 1. The molecule has 4 aliphatic carbocycles. The van der Waals surface area contributed by atoms with Gasteiger partial charge in [0.05, 0.1) is 12.2 Å². The summed E-state index contributed by atoms with van der Waals surface area (Å²) in [7, 11) is -5.84. The Morgan fingerprint density at radius 1 is 1.24 bits per heavy atom. The molecular weight excluding hydrogens is 310 g/mol. The van der Waals surface area contributed by atoms with E-state index in [9.17, 15) is 27.1 Å². The molecule has 4 rings (SSSR count). The van der Waals surface area contributed by atoms with Gasteiger partial charge in [0.1, 0.15) is 0 Å². The largest absolute Gasteiger partial charge is 0.465 e. The lowest BCUT2D eigenvalue weighted by atomic mass is 9.68. The van der Waals surface area contributed by atoms with E-state index in [1.165, 1.54) is 0 Å². The van der Waals surface area contributed by atoms with Crippen molar-refractivity contribution >= 4 is 16.1 Å². The highest BCUT2D eigenvalue weighted by atomic mass is 32.2. The first-order valence-corrected chi connectivity index (χ1v) is 8.15. The van der Waals surface area contributed by atoms with Crippen molar-refractivity contribution < 1.29 is 36.4 Å². The maximum Gasteiger partial charge on any atom is 0.465 e. The zero-order valence-electron chi connectivity index (χ0n) is 11.1. The molecule has 6 nitrogen and oxygen atoms in total. The topological polar surface area (TPSA) is 101 Å². The Morgan fingerprint density at radius 3 is 2.19 bits per heavy atom. The fourth-order valence-electron chi connectivity index (χ4n) is 4.63. The van der Waals surface area contributed by atoms with Crippen molar-refractivity contribution in [2.75, 3.05) is 6.61 Å². The highest BCUT2D eigenvalue weighted by Gasteiger charge is 2.63. The first kappa shape index (κ1) is 15.1. The van der Waals surface area contributed by atoms with Gasteiger partial charge in [0, 0.05) is 5.41 Å². The fourth-order valence-corrected chi connectivity index (χ4v) is 4.90. The van der Waals surface area contributed by atoms with E-state index in [1.54, 1.807) is 0 Å². The van der Waals surface area contributed by atoms with Crippen molar-refractivity contribution in [1.29, 1.82) is 0 Å². The van der Waals surface area contributed by atoms with Crippen LogP contribution < -0.4 is 0 Å². The van der Waals surface area contributed by atoms with Crippen LogP contribution in [0.3, 0.4) is 0 Å².